The molecule has 2 aromatic heterocycles. The number of morpholine rings is 1. The van der Waals surface area contributed by atoms with Crippen LogP contribution in [-0.2, 0) is 4.74 Å². The summed E-state index contributed by atoms with van der Waals surface area (Å²) in [5, 5.41) is 6.29. The molecule has 1 aliphatic rings. The van der Waals surface area contributed by atoms with Crippen molar-refractivity contribution in [3.8, 4) is 17.0 Å². The van der Waals surface area contributed by atoms with Gasteiger partial charge in [0, 0.05) is 55.4 Å². The summed E-state index contributed by atoms with van der Waals surface area (Å²) in [7, 11) is 0. The van der Waals surface area contributed by atoms with Gasteiger partial charge in [-0.1, -0.05) is 0 Å². The number of hydrogen-bond donors (Lipinski definition) is 2. The number of nitrogens with one attached hydrogen (secondary N) is 2. The molecule has 11 heteroatoms. The van der Waals surface area contributed by atoms with Crippen molar-refractivity contribution in [2.75, 3.05) is 44.7 Å². The van der Waals surface area contributed by atoms with Crippen LogP contribution in [-0.4, -0.2) is 71.2 Å². The van der Waals surface area contributed by atoms with Crippen molar-refractivity contribution in [1.82, 2.24) is 24.6 Å². The molecule has 0 unspecified atom stereocenters. The van der Waals surface area contributed by atoms with Crippen LogP contribution in [0.3, 0.4) is 0 Å². The first kappa shape index (κ1) is 25.6. The van der Waals surface area contributed by atoms with Gasteiger partial charge in [0.25, 0.3) is 5.91 Å². The van der Waals surface area contributed by atoms with Crippen LogP contribution >= 0.6 is 0 Å². The highest BCUT2D eigenvalue weighted by atomic mass is 19.3. The van der Waals surface area contributed by atoms with Gasteiger partial charge in [-0.2, -0.15) is 8.78 Å². The number of carbonyl (C=O) groups excluding carboxylic acids is 1. The first-order valence-corrected chi connectivity index (χ1v) is 12.3. The number of carbonyl (C=O) groups is 1. The average molecular weight is 523 g/mol. The molecule has 0 spiro atoms. The summed E-state index contributed by atoms with van der Waals surface area (Å²) < 4.78 is 36.6. The van der Waals surface area contributed by atoms with Crippen molar-refractivity contribution in [3.63, 3.8) is 0 Å². The van der Waals surface area contributed by atoms with Crippen LogP contribution in [0.15, 0.2) is 61.1 Å². The second-order valence-electron chi connectivity index (χ2n) is 8.88. The largest absolute Gasteiger partial charge is 0.435 e. The van der Waals surface area contributed by atoms with Crippen LogP contribution in [0.25, 0.3) is 16.9 Å². The van der Waals surface area contributed by atoms with Gasteiger partial charge in [-0.15, -0.1) is 0 Å². The van der Waals surface area contributed by atoms with E-state index in [9.17, 15) is 13.6 Å². The molecule has 1 amide bonds. The Kier molecular flexibility index (Phi) is 7.75. The molecule has 0 saturated carbocycles. The molecule has 1 saturated heterocycles. The number of imidazole rings is 1. The van der Waals surface area contributed by atoms with Crippen molar-refractivity contribution in [2.24, 2.45) is 0 Å². The maximum Gasteiger partial charge on any atom is 0.387 e. The van der Waals surface area contributed by atoms with E-state index in [4.69, 9.17) is 4.74 Å². The molecule has 9 nitrogen and oxygen atoms in total. The molecule has 198 valence electrons. The van der Waals surface area contributed by atoms with Crippen molar-refractivity contribution in [3.05, 3.63) is 72.2 Å². The second-order valence-corrected chi connectivity index (χ2v) is 8.88. The molecule has 4 aromatic rings. The molecule has 0 radical (unpaired) electrons. The number of nitrogens with zero attached hydrogens (tertiary/aromatic N) is 4. The van der Waals surface area contributed by atoms with Crippen LogP contribution in [0, 0.1) is 6.92 Å². The molecule has 38 heavy (non-hydrogen) atoms. The molecule has 5 rings (SSSR count). The van der Waals surface area contributed by atoms with E-state index < -0.39 is 6.61 Å². The fourth-order valence-electron chi connectivity index (χ4n) is 4.41. The van der Waals surface area contributed by atoms with Gasteiger partial charge >= 0.3 is 6.61 Å². The van der Waals surface area contributed by atoms with Gasteiger partial charge in [-0.25, -0.2) is 9.97 Å². The van der Waals surface area contributed by atoms with Crippen LogP contribution in [0.4, 0.5) is 20.3 Å². The maximum absolute atomic E-state index is 12.7. The zero-order valence-corrected chi connectivity index (χ0v) is 20.9. The number of halogens is 2. The monoisotopic (exact) mass is 522 g/mol. The Morgan fingerprint density at radius 3 is 2.66 bits per heavy atom. The number of alkyl halides is 2. The number of rotatable bonds is 9. The molecular formula is C27H28F2N6O3. The second kappa shape index (κ2) is 11.5. The summed E-state index contributed by atoms with van der Waals surface area (Å²) in [6.07, 6.45) is 5.13. The third-order valence-electron chi connectivity index (χ3n) is 6.35. The minimum Gasteiger partial charge on any atom is -0.435 e. The SMILES string of the molecule is Cc1cc(Nc2nccn3c(-c4ccc(OC(F)F)cc4)cnc23)ccc1C(=O)NCCN1CCOCC1. The number of anilines is 2. The van der Waals surface area contributed by atoms with Gasteiger partial charge in [-0.05, 0) is 55.0 Å². The number of hydrogen-bond acceptors (Lipinski definition) is 7. The maximum atomic E-state index is 12.7. The van der Waals surface area contributed by atoms with Crippen molar-refractivity contribution < 1.29 is 23.0 Å². The van der Waals surface area contributed by atoms with Gasteiger partial charge < -0.3 is 20.1 Å². The number of benzene rings is 2. The lowest BCUT2D eigenvalue weighted by Gasteiger charge is -2.26. The molecule has 2 N–H and O–H groups in total. The Hall–Kier alpha value is -4.09. The van der Waals surface area contributed by atoms with Gasteiger partial charge in [0.05, 0.1) is 25.1 Å². The lowest BCUT2D eigenvalue weighted by molar-refractivity contribution is -0.0498. The van der Waals surface area contributed by atoms with E-state index in [1.807, 2.05) is 23.5 Å². The highest BCUT2D eigenvalue weighted by Crippen LogP contribution is 2.27. The van der Waals surface area contributed by atoms with Crippen molar-refractivity contribution >= 4 is 23.1 Å². The van der Waals surface area contributed by atoms with E-state index in [1.165, 1.54) is 12.1 Å². The lowest BCUT2D eigenvalue weighted by Crippen LogP contribution is -2.41. The molecule has 0 bridgehead atoms. The van der Waals surface area contributed by atoms with Gasteiger partial charge in [0.15, 0.2) is 11.5 Å². The average Bonchev–Trinajstić information content (AvgIpc) is 3.35. The van der Waals surface area contributed by atoms with E-state index in [2.05, 4.69) is 30.2 Å². The van der Waals surface area contributed by atoms with E-state index in [0.717, 1.165) is 55.4 Å². The Morgan fingerprint density at radius 1 is 1.13 bits per heavy atom. The molecule has 3 heterocycles. The lowest BCUT2D eigenvalue weighted by atomic mass is 10.1. The van der Waals surface area contributed by atoms with Crippen LogP contribution in [0.2, 0.25) is 0 Å². The highest BCUT2D eigenvalue weighted by Gasteiger charge is 2.15. The molecule has 2 aromatic carbocycles. The van der Waals surface area contributed by atoms with Gasteiger partial charge in [-0.3, -0.25) is 14.1 Å². The minimum atomic E-state index is -2.87. The predicted octanol–water partition coefficient (Wildman–Crippen LogP) is 4.11. The Bertz CT molecular complexity index is 1400. The molecule has 1 aliphatic heterocycles. The predicted molar refractivity (Wildman–Crippen MR) is 139 cm³/mol. The molecular weight excluding hydrogens is 494 g/mol. The summed E-state index contributed by atoms with van der Waals surface area (Å²) in [5.74, 6) is 0.523. The first-order valence-electron chi connectivity index (χ1n) is 12.3. The topological polar surface area (TPSA) is 93.0 Å². The fraction of sp³-hybridized carbons (Fsp3) is 0.296. The number of amides is 1. The standard InChI is InChI=1S/C27H28F2N6O3/c1-18-16-20(4-7-22(18)26(36)31-8-10-34-12-14-37-15-13-34)33-24-25-32-17-23(35(25)11-9-30-24)19-2-5-21(6-3-19)38-27(28)29/h2-7,9,11,16-17,27H,8,10,12-15H2,1H3,(H,30,33)(H,31,36). The number of fused-ring (bicyclic) bond motifs is 1. The number of aromatic nitrogens is 3. The summed E-state index contributed by atoms with van der Waals surface area (Å²) in [4.78, 5) is 23.9. The Labute approximate surface area is 218 Å². The van der Waals surface area contributed by atoms with Crippen LogP contribution in [0.5, 0.6) is 5.75 Å². The summed E-state index contributed by atoms with van der Waals surface area (Å²) >= 11 is 0. The number of aryl methyl sites for hydroxylation is 1. The minimum absolute atomic E-state index is 0.0891. The van der Waals surface area contributed by atoms with Crippen LogP contribution < -0.4 is 15.4 Å². The zero-order valence-electron chi connectivity index (χ0n) is 20.9. The fourth-order valence-corrected chi connectivity index (χ4v) is 4.41. The summed E-state index contributed by atoms with van der Waals surface area (Å²) in [6.45, 7) is 3.63. The Morgan fingerprint density at radius 2 is 1.92 bits per heavy atom. The van der Waals surface area contributed by atoms with Gasteiger partial charge in [0.2, 0.25) is 0 Å². The molecule has 0 atom stereocenters. The normalized spacial score (nSPS) is 14.1. The summed E-state index contributed by atoms with van der Waals surface area (Å²) in [5.41, 5.74) is 4.38. The van der Waals surface area contributed by atoms with E-state index >= 15 is 0 Å². The molecule has 0 aliphatic carbocycles. The molecule has 1 fully saturated rings. The van der Waals surface area contributed by atoms with E-state index in [1.54, 1.807) is 36.8 Å². The van der Waals surface area contributed by atoms with Crippen molar-refractivity contribution in [1.29, 1.82) is 0 Å². The first-order chi connectivity index (χ1) is 18.5. The Balaban J connectivity index is 1.27. The summed E-state index contributed by atoms with van der Waals surface area (Å²) in [6, 6.07) is 11.9. The third kappa shape index (κ3) is 5.90. The van der Waals surface area contributed by atoms with Crippen molar-refractivity contribution in [2.45, 2.75) is 13.5 Å². The van der Waals surface area contributed by atoms with E-state index in [0.29, 0.717) is 23.6 Å². The zero-order chi connectivity index (χ0) is 26.5. The third-order valence-corrected chi connectivity index (χ3v) is 6.35. The van der Waals surface area contributed by atoms with Gasteiger partial charge in [0.1, 0.15) is 5.75 Å². The number of ether oxygens (including phenoxy) is 2. The quantitative estimate of drug-likeness (QED) is 0.342. The van der Waals surface area contributed by atoms with Crippen LogP contribution in [0.1, 0.15) is 15.9 Å². The van der Waals surface area contributed by atoms with E-state index in [-0.39, 0.29) is 11.7 Å². The highest BCUT2D eigenvalue weighted by molar-refractivity contribution is 5.96. The smallest absolute Gasteiger partial charge is 0.387 e.